The molecule has 0 amide bonds. The second-order valence-corrected chi connectivity index (χ2v) is 4.43. The van der Waals surface area contributed by atoms with Crippen molar-refractivity contribution in [2.75, 3.05) is 31.7 Å². The average molecular weight is 254 g/mol. The Labute approximate surface area is 103 Å². The molecule has 96 valence electrons. The summed E-state index contributed by atoms with van der Waals surface area (Å²) >= 11 is 0. The van der Waals surface area contributed by atoms with Gasteiger partial charge >= 0.3 is 0 Å². The van der Waals surface area contributed by atoms with Gasteiger partial charge in [0, 0.05) is 6.54 Å². The Bertz CT molecular complexity index is 467. The standard InChI is InChI=1S/C12H12F2N2O2/c13-9-1-8(3-15)2-10(14)11(9)16-4-12(5-17)6-18-7-12/h1-2,16-17H,4-7H2. The summed E-state index contributed by atoms with van der Waals surface area (Å²) in [5.41, 5.74) is -0.833. The molecule has 0 unspecified atom stereocenters. The molecule has 4 nitrogen and oxygen atoms in total. The number of hydrogen-bond acceptors (Lipinski definition) is 4. The van der Waals surface area contributed by atoms with E-state index in [9.17, 15) is 13.9 Å². The summed E-state index contributed by atoms with van der Waals surface area (Å²) in [6, 6.07) is 3.61. The maximum Gasteiger partial charge on any atom is 0.150 e. The summed E-state index contributed by atoms with van der Waals surface area (Å²) in [5, 5.41) is 20.4. The Balaban J connectivity index is 2.12. The monoisotopic (exact) mass is 254 g/mol. The van der Waals surface area contributed by atoms with Crippen LogP contribution in [0.25, 0.3) is 0 Å². The molecule has 0 spiro atoms. The molecule has 1 saturated heterocycles. The Morgan fingerprint density at radius 1 is 1.39 bits per heavy atom. The zero-order chi connectivity index (χ0) is 13.2. The molecular formula is C12H12F2N2O2. The molecule has 1 aliphatic rings. The third-order valence-corrected chi connectivity index (χ3v) is 2.96. The van der Waals surface area contributed by atoms with Gasteiger partial charge in [-0.3, -0.25) is 0 Å². The smallest absolute Gasteiger partial charge is 0.150 e. The number of ether oxygens (including phenoxy) is 1. The maximum atomic E-state index is 13.6. The Morgan fingerprint density at radius 3 is 2.39 bits per heavy atom. The van der Waals surface area contributed by atoms with Crippen molar-refractivity contribution in [2.45, 2.75) is 0 Å². The van der Waals surface area contributed by atoms with Crippen molar-refractivity contribution in [1.29, 1.82) is 5.26 Å². The van der Waals surface area contributed by atoms with E-state index >= 15 is 0 Å². The molecule has 0 bridgehead atoms. The third-order valence-electron chi connectivity index (χ3n) is 2.96. The molecule has 2 rings (SSSR count). The lowest BCUT2D eigenvalue weighted by atomic mass is 9.87. The highest BCUT2D eigenvalue weighted by Crippen LogP contribution is 2.28. The van der Waals surface area contributed by atoms with Gasteiger partial charge in [-0.1, -0.05) is 0 Å². The predicted octanol–water partition coefficient (Wildman–Crippen LogP) is 1.26. The molecule has 0 radical (unpaired) electrons. The van der Waals surface area contributed by atoms with E-state index in [0.717, 1.165) is 12.1 Å². The van der Waals surface area contributed by atoms with Crippen molar-refractivity contribution in [1.82, 2.24) is 0 Å². The summed E-state index contributed by atoms with van der Waals surface area (Å²) in [6.45, 7) is 0.814. The van der Waals surface area contributed by atoms with Crippen molar-refractivity contribution in [3.05, 3.63) is 29.3 Å². The number of aliphatic hydroxyl groups is 1. The first-order valence-corrected chi connectivity index (χ1v) is 5.42. The highest BCUT2D eigenvalue weighted by molar-refractivity contribution is 5.50. The van der Waals surface area contributed by atoms with Crippen molar-refractivity contribution in [2.24, 2.45) is 5.41 Å². The highest BCUT2D eigenvalue weighted by Gasteiger charge is 2.38. The van der Waals surface area contributed by atoms with E-state index in [2.05, 4.69) is 5.32 Å². The number of hydrogen-bond donors (Lipinski definition) is 2. The average Bonchev–Trinajstić information content (AvgIpc) is 2.30. The summed E-state index contributed by atoms with van der Waals surface area (Å²) in [5.74, 6) is -1.64. The van der Waals surface area contributed by atoms with Crippen molar-refractivity contribution in [3.63, 3.8) is 0 Å². The lowest BCUT2D eigenvalue weighted by molar-refractivity contribution is -0.128. The first-order chi connectivity index (χ1) is 8.60. The summed E-state index contributed by atoms with van der Waals surface area (Å²) in [6.07, 6.45) is 0. The minimum atomic E-state index is -0.820. The zero-order valence-electron chi connectivity index (χ0n) is 9.54. The molecule has 18 heavy (non-hydrogen) atoms. The van der Waals surface area contributed by atoms with E-state index < -0.39 is 17.0 Å². The van der Waals surface area contributed by atoms with E-state index in [4.69, 9.17) is 10.00 Å². The van der Waals surface area contributed by atoms with Crippen molar-refractivity contribution >= 4 is 5.69 Å². The maximum absolute atomic E-state index is 13.6. The van der Waals surface area contributed by atoms with Gasteiger partial charge in [-0.2, -0.15) is 5.26 Å². The van der Waals surface area contributed by atoms with Crippen LogP contribution in [0, 0.1) is 28.4 Å². The number of nitrogens with one attached hydrogen (secondary N) is 1. The van der Waals surface area contributed by atoms with Gasteiger partial charge in [0.25, 0.3) is 0 Å². The lowest BCUT2D eigenvalue weighted by Crippen LogP contribution is -2.50. The quantitative estimate of drug-likeness (QED) is 0.849. The molecule has 1 aliphatic heterocycles. The molecule has 1 fully saturated rings. The molecule has 0 aromatic heterocycles. The van der Waals surface area contributed by atoms with Crippen LogP contribution < -0.4 is 5.32 Å². The summed E-state index contributed by atoms with van der Waals surface area (Å²) < 4.78 is 32.1. The zero-order valence-corrected chi connectivity index (χ0v) is 9.54. The molecule has 0 atom stereocenters. The number of nitriles is 1. The van der Waals surface area contributed by atoms with Crippen LogP contribution in [-0.2, 0) is 4.74 Å². The van der Waals surface area contributed by atoms with Gasteiger partial charge in [-0.15, -0.1) is 0 Å². The van der Waals surface area contributed by atoms with Gasteiger partial charge in [0.1, 0.15) is 5.69 Å². The molecule has 2 N–H and O–H groups in total. The molecule has 1 heterocycles. The Morgan fingerprint density at radius 2 is 2.00 bits per heavy atom. The van der Waals surface area contributed by atoms with Crippen LogP contribution in [-0.4, -0.2) is 31.5 Å². The van der Waals surface area contributed by atoms with Gasteiger partial charge in [-0.05, 0) is 12.1 Å². The van der Waals surface area contributed by atoms with Crippen molar-refractivity contribution < 1.29 is 18.6 Å². The van der Waals surface area contributed by atoms with E-state index in [0.29, 0.717) is 13.2 Å². The minimum Gasteiger partial charge on any atom is -0.396 e. The molecular weight excluding hydrogens is 242 g/mol. The second-order valence-electron chi connectivity index (χ2n) is 4.43. The lowest BCUT2D eigenvalue weighted by Gasteiger charge is -2.40. The Kier molecular flexibility index (Phi) is 3.45. The van der Waals surface area contributed by atoms with Crippen LogP contribution in [0.4, 0.5) is 14.5 Å². The van der Waals surface area contributed by atoms with Crippen LogP contribution in [0.5, 0.6) is 0 Å². The van der Waals surface area contributed by atoms with Crippen LogP contribution in [0.15, 0.2) is 12.1 Å². The molecule has 1 aromatic rings. The Hall–Kier alpha value is -1.71. The van der Waals surface area contributed by atoms with Crippen LogP contribution in [0.2, 0.25) is 0 Å². The van der Waals surface area contributed by atoms with Crippen LogP contribution in [0.3, 0.4) is 0 Å². The number of anilines is 1. The second kappa shape index (κ2) is 4.88. The summed E-state index contributed by atoms with van der Waals surface area (Å²) in [7, 11) is 0. The van der Waals surface area contributed by atoms with Gasteiger partial charge in [0.15, 0.2) is 11.6 Å². The fourth-order valence-corrected chi connectivity index (χ4v) is 1.72. The topological polar surface area (TPSA) is 65.3 Å². The summed E-state index contributed by atoms with van der Waals surface area (Å²) in [4.78, 5) is 0. The fourth-order valence-electron chi connectivity index (χ4n) is 1.72. The van der Waals surface area contributed by atoms with E-state index in [1.54, 1.807) is 6.07 Å². The van der Waals surface area contributed by atoms with E-state index in [1.165, 1.54) is 0 Å². The number of nitrogens with zero attached hydrogens (tertiary/aromatic N) is 1. The predicted molar refractivity (Wildman–Crippen MR) is 59.9 cm³/mol. The van der Waals surface area contributed by atoms with Crippen LogP contribution in [0.1, 0.15) is 5.56 Å². The molecule has 1 aromatic carbocycles. The molecule has 6 heteroatoms. The molecule has 0 saturated carbocycles. The largest absolute Gasteiger partial charge is 0.396 e. The van der Waals surface area contributed by atoms with Gasteiger partial charge in [0.05, 0.1) is 36.9 Å². The first-order valence-electron chi connectivity index (χ1n) is 5.42. The number of rotatable bonds is 4. The van der Waals surface area contributed by atoms with Gasteiger partial charge < -0.3 is 15.2 Å². The van der Waals surface area contributed by atoms with Gasteiger partial charge in [0.2, 0.25) is 0 Å². The van der Waals surface area contributed by atoms with E-state index in [1.807, 2.05) is 0 Å². The molecule has 0 aliphatic carbocycles. The normalized spacial score (nSPS) is 16.8. The van der Waals surface area contributed by atoms with E-state index in [-0.39, 0.29) is 24.4 Å². The fraction of sp³-hybridized carbons (Fsp3) is 0.417. The first kappa shape index (κ1) is 12.7. The number of halogens is 2. The number of aliphatic hydroxyl groups excluding tert-OH is 1. The van der Waals surface area contributed by atoms with Crippen molar-refractivity contribution in [3.8, 4) is 6.07 Å². The number of benzene rings is 1. The minimum absolute atomic E-state index is 0.0700. The SMILES string of the molecule is N#Cc1cc(F)c(NCC2(CO)COC2)c(F)c1. The van der Waals surface area contributed by atoms with Crippen LogP contribution >= 0.6 is 0 Å². The third kappa shape index (κ3) is 2.28. The van der Waals surface area contributed by atoms with Gasteiger partial charge in [-0.25, -0.2) is 8.78 Å². The highest BCUT2D eigenvalue weighted by atomic mass is 19.1.